The van der Waals surface area contributed by atoms with E-state index in [1.165, 1.54) is 78.1 Å². The standard InChI is InChI=1S/2C28H31N5OS/c2*1-4-24(34)33-16-28(17-33)10-12-32(15-28)27-30-23-14-20(26-29-11-13-35-26)8-9-22(23)25(31-27)21-7-5-6-18(2)19(21)3/h2*4-7,11,13,20H,1,8-10,12,14-17H2,2-3H3/t2*20-/m10/s1. The van der Waals surface area contributed by atoms with Crippen LogP contribution in [0.4, 0.5) is 11.9 Å². The minimum atomic E-state index is 0.0320. The lowest BCUT2D eigenvalue weighted by molar-refractivity contribution is -0.137. The number of anilines is 2. The Morgan fingerprint density at radius 3 is 1.43 bits per heavy atom. The van der Waals surface area contributed by atoms with E-state index in [0.29, 0.717) is 11.8 Å². The highest BCUT2D eigenvalue weighted by Gasteiger charge is 2.51. The molecule has 4 aliphatic heterocycles. The molecule has 0 saturated carbocycles. The second kappa shape index (κ2) is 18.6. The SMILES string of the molecule is C=CC(=O)N1CC2(CCN(c3nc4c(c(-c5cccc(C)c5C)n3)CC[C@@H](c3nccs3)C4)C2)C1.C=CC(=O)N1CC2(CCN(c3nc4c(c(-c5cccc(C)c5C)n3)CC[C@H](c3nccs3)C4)C2)C1. The number of aromatic nitrogens is 6. The second-order valence-corrected chi connectivity index (χ2v) is 22.7. The molecule has 12 nitrogen and oxygen atoms in total. The molecule has 8 heterocycles. The third-order valence-corrected chi connectivity index (χ3v) is 18.2. The molecule has 4 aromatic heterocycles. The molecule has 2 aliphatic carbocycles. The molecule has 4 saturated heterocycles. The van der Waals surface area contributed by atoms with Crippen molar-refractivity contribution < 1.29 is 9.59 Å². The first-order valence-corrected chi connectivity index (χ1v) is 26.7. The van der Waals surface area contributed by atoms with Crippen molar-refractivity contribution >= 4 is 46.4 Å². The summed E-state index contributed by atoms with van der Waals surface area (Å²) in [4.78, 5) is 62.5. The molecule has 14 heteroatoms. The van der Waals surface area contributed by atoms with Crippen molar-refractivity contribution in [3.05, 3.63) is 140 Å². The molecule has 4 fully saturated rings. The van der Waals surface area contributed by atoms with Crippen LogP contribution < -0.4 is 9.80 Å². The average Bonchev–Trinajstić information content (AvgIpc) is 4.22. The fourth-order valence-electron chi connectivity index (χ4n) is 12.1. The highest BCUT2D eigenvalue weighted by Crippen LogP contribution is 2.45. The van der Waals surface area contributed by atoms with Gasteiger partial charge in [0.15, 0.2) is 0 Å². The molecule has 2 amide bonds. The topological polar surface area (TPSA) is 124 Å². The molecule has 0 radical (unpaired) electrons. The van der Waals surface area contributed by atoms with Gasteiger partial charge in [-0.05, 0) is 113 Å². The Morgan fingerprint density at radius 2 is 1.04 bits per heavy atom. The molecule has 360 valence electrons. The van der Waals surface area contributed by atoms with E-state index in [1.807, 2.05) is 22.2 Å². The smallest absolute Gasteiger partial charge is 0.245 e. The monoisotopic (exact) mass is 970 g/mol. The quantitative estimate of drug-likeness (QED) is 0.136. The molecule has 6 aliphatic rings. The van der Waals surface area contributed by atoms with E-state index >= 15 is 0 Å². The molecule has 2 aromatic carbocycles. The number of thiazole rings is 2. The number of hydrogen-bond donors (Lipinski definition) is 0. The zero-order valence-corrected chi connectivity index (χ0v) is 42.5. The maximum absolute atomic E-state index is 12.0. The number of likely N-dealkylation sites (tertiary alicyclic amines) is 2. The first-order valence-electron chi connectivity index (χ1n) is 25.0. The highest BCUT2D eigenvalue weighted by atomic mass is 32.1. The van der Waals surface area contributed by atoms with Crippen LogP contribution in [-0.2, 0) is 35.3 Å². The Morgan fingerprint density at radius 1 is 0.614 bits per heavy atom. The van der Waals surface area contributed by atoms with Crippen LogP contribution in [0.5, 0.6) is 0 Å². The fraction of sp³-hybridized carbons (Fsp3) is 0.429. The molecule has 0 unspecified atom stereocenters. The van der Waals surface area contributed by atoms with Gasteiger partial charge in [0.25, 0.3) is 0 Å². The fourth-order valence-corrected chi connectivity index (χ4v) is 13.6. The summed E-state index contributed by atoms with van der Waals surface area (Å²) in [5.74, 6) is 2.59. The number of rotatable bonds is 8. The molecule has 12 rings (SSSR count). The summed E-state index contributed by atoms with van der Waals surface area (Å²) >= 11 is 3.50. The van der Waals surface area contributed by atoms with Crippen molar-refractivity contribution in [3.63, 3.8) is 0 Å². The Hall–Kier alpha value is -6.12. The summed E-state index contributed by atoms with van der Waals surface area (Å²) < 4.78 is 0. The average molecular weight is 971 g/mol. The van der Waals surface area contributed by atoms with Crippen LogP contribution in [0, 0.1) is 38.5 Å². The minimum Gasteiger partial charge on any atom is -0.340 e. The number of hydrogen-bond acceptors (Lipinski definition) is 12. The Balaban J connectivity index is 0.000000152. The van der Waals surface area contributed by atoms with Crippen LogP contribution in [-0.4, -0.2) is 104 Å². The van der Waals surface area contributed by atoms with Crippen molar-refractivity contribution in [1.82, 2.24) is 39.7 Å². The molecule has 0 bridgehead atoms. The normalized spacial score (nSPS) is 20.6. The second-order valence-electron chi connectivity index (χ2n) is 20.8. The van der Waals surface area contributed by atoms with Crippen LogP contribution >= 0.6 is 22.7 Å². The number of fused-ring (bicyclic) bond motifs is 2. The maximum atomic E-state index is 12.0. The van der Waals surface area contributed by atoms with Gasteiger partial charge >= 0.3 is 0 Å². The highest BCUT2D eigenvalue weighted by molar-refractivity contribution is 7.09. The Kier molecular flexibility index (Phi) is 12.3. The Bertz CT molecular complexity index is 2790. The van der Waals surface area contributed by atoms with E-state index in [1.54, 1.807) is 22.7 Å². The van der Waals surface area contributed by atoms with E-state index in [2.05, 4.69) is 108 Å². The summed E-state index contributed by atoms with van der Waals surface area (Å²) in [7, 11) is 0. The third-order valence-electron chi connectivity index (χ3n) is 16.4. The predicted octanol–water partition coefficient (Wildman–Crippen LogP) is 9.43. The summed E-state index contributed by atoms with van der Waals surface area (Å²) in [5, 5.41) is 6.57. The van der Waals surface area contributed by atoms with E-state index in [9.17, 15) is 9.59 Å². The first kappa shape index (κ1) is 46.3. The van der Waals surface area contributed by atoms with Gasteiger partial charge in [-0.25, -0.2) is 29.9 Å². The van der Waals surface area contributed by atoms with Crippen molar-refractivity contribution in [2.24, 2.45) is 10.8 Å². The van der Waals surface area contributed by atoms with Crippen LogP contribution in [0.15, 0.2) is 84.9 Å². The van der Waals surface area contributed by atoms with Gasteiger partial charge in [-0.1, -0.05) is 49.6 Å². The molecule has 2 atom stereocenters. The van der Waals surface area contributed by atoms with Gasteiger partial charge in [-0.3, -0.25) is 9.59 Å². The lowest BCUT2D eigenvalue weighted by atomic mass is 9.79. The van der Waals surface area contributed by atoms with Crippen molar-refractivity contribution in [2.75, 3.05) is 62.2 Å². The molecule has 2 spiro atoms. The van der Waals surface area contributed by atoms with Crippen molar-refractivity contribution in [2.45, 2.75) is 90.9 Å². The number of carbonyl (C=O) groups is 2. The minimum absolute atomic E-state index is 0.0320. The Labute approximate surface area is 419 Å². The van der Waals surface area contributed by atoms with Gasteiger partial charge in [0.05, 0.1) is 32.8 Å². The predicted molar refractivity (Wildman–Crippen MR) is 280 cm³/mol. The zero-order chi connectivity index (χ0) is 48.3. The van der Waals surface area contributed by atoms with Crippen LogP contribution in [0.25, 0.3) is 22.5 Å². The van der Waals surface area contributed by atoms with E-state index in [0.717, 1.165) is 127 Å². The van der Waals surface area contributed by atoms with Gasteiger partial charge in [0, 0.05) is 120 Å². The van der Waals surface area contributed by atoms with Crippen LogP contribution in [0.1, 0.15) is 92.3 Å². The number of amides is 2. The third kappa shape index (κ3) is 8.54. The van der Waals surface area contributed by atoms with Gasteiger partial charge < -0.3 is 19.6 Å². The molecule has 0 N–H and O–H groups in total. The molecule has 70 heavy (non-hydrogen) atoms. The lowest BCUT2D eigenvalue weighted by Crippen LogP contribution is -2.59. The zero-order valence-electron chi connectivity index (χ0n) is 40.9. The van der Waals surface area contributed by atoms with Gasteiger partial charge in [0.2, 0.25) is 23.7 Å². The number of carbonyl (C=O) groups excluding carboxylic acids is 2. The summed E-state index contributed by atoms with van der Waals surface area (Å²) in [6.45, 7) is 22.9. The summed E-state index contributed by atoms with van der Waals surface area (Å²) in [6.07, 6.45) is 14.7. The molecular formula is C56H62N10O2S2. The van der Waals surface area contributed by atoms with Crippen molar-refractivity contribution in [3.8, 4) is 22.5 Å². The van der Waals surface area contributed by atoms with E-state index in [4.69, 9.17) is 19.9 Å². The van der Waals surface area contributed by atoms with E-state index < -0.39 is 0 Å². The maximum Gasteiger partial charge on any atom is 0.245 e. The van der Waals surface area contributed by atoms with E-state index in [-0.39, 0.29) is 22.6 Å². The summed E-state index contributed by atoms with van der Waals surface area (Å²) in [6, 6.07) is 13.0. The summed E-state index contributed by atoms with van der Waals surface area (Å²) in [5.41, 5.74) is 15.1. The van der Waals surface area contributed by atoms with Crippen LogP contribution in [0.3, 0.4) is 0 Å². The number of aryl methyl sites for hydroxylation is 2. The number of benzene rings is 2. The van der Waals surface area contributed by atoms with Gasteiger partial charge in [0.1, 0.15) is 0 Å². The number of nitrogens with zero attached hydrogens (tertiary/aromatic N) is 10. The van der Waals surface area contributed by atoms with Crippen molar-refractivity contribution in [1.29, 1.82) is 0 Å². The first-order chi connectivity index (χ1) is 33.9. The van der Waals surface area contributed by atoms with Gasteiger partial charge in [-0.15, -0.1) is 22.7 Å². The largest absolute Gasteiger partial charge is 0.340 e. The van der Waals surface area contributed by atoms with Crippen LogP contribution in [0.2, 0.25) is 0 Å². The van der Waals surface area contributed by atoms with Gasteiger partial charge in [-0.2, -0.15) is 0 Å². The molecular weight excluding hydrogens is 909 g/mol. The molecule has 6 aromatic rings. The lowest BCUT2D eigenvalue weighted by Gasteiger charge is -2.47.